The summed E-state index contributed by atoms with van der Waals surface area (Å²) in [6.07, 6.45) is 0.986. The van der Waals surface area contributed by atoms with Gasteiger partial charge in [-0.1, -0.05) is 0 Å². The number of amides is 2. The number of benzene rings is 2. The van der Waals surface area contributed by atoms with Crippen molar-refractivity contribution in [3.8, 4) is 17.2 Å². The molecule has 3 rings (SSSR count). The van der Waals surface area contributed by atoms with E-state index in [1.54, 1.807) is 19.1 Å². The smallest absolute Gasteiger partial charge is 0.278 e. The molecule has 33 heavy (non-hydrogen) atoms. The van der Waals surface area contributed by atoms with E-state index in [0.29, 0.717) is 18.1 Å². The fourth-order valence-electron chi connectivity index (χ4n) is 3.19. The van der Waals surface area contributed by atoms with Gasteiger partial charge < -0.3 is 19.9 Å². The molecule has 0 radical (unpaired) electrons. The quantitative estimate of drug-likeness (QED) is 0.306. The summed E-state index contributed by atoms with van der Waals surface area (Å²) in [6.45, 7) is 2.17. The molecule has 10 nitrogen and oxygen atoms in total. The minimum atomic E-state index is -3.31. The average molecular weight is 477 g/mol. The van der Waals surface area contributed by atoms with Crippen LogP contribution in [0.4, 0.5) is 0 Å². The molecule has 0 aliphatic carbocycles. The van der Waals surface area contributed by atoms with Gasteiger partial charge in [0.15, 0.2) is 9.84 Å². The van der Waals surface area contributed by atoms with Crippen molar-refractivity contribution in [2.75, 3.05) is 19.5 Å². The highest BCUT2D eigenvalue weighted by molar-refractivity contribution is 7.90. The Hall–Kier alpha value is -3.28. The van der Waals surface area contributed by atoms with Crippen molar-refractivity contribution in [2.45, 2.75) is 29.9 Å². The highest BCUT2D eigenvalue weighted by Gasteiger charge is 2.56. The largest absolute Gasteiger partial charge is 0.469 e. The first-order chi connectivity index (χ1) is 15.6. The number of ketones is 1. The number of nitrogens with two attached hydrogens (primary N) is 1. The van der Waals surface area contributed by atoms with E-state index in [2.05, 4.69) is 5.32 Å². The number of piperidine rings is 1. The van der Waals surface area contributed by atoms with E-state index in [1.165, 1.54) is 36.4 Å². The van der Waals surface area contributed by atoms with Crippen LogP contribution >= 0.6 is 0 Å². The van der Waals surface area contributed by atoms with Crippen molar-refractivity contribution in [1.82, 2.24) is 5.32 Å². The lowest BCUT2D eigenvalue weighted by Gasteiger charge is -2.36. The molecule has 2 aromatic carbocycles. The van der Waals surface area contributed by atoms with Gasteiger partial charge in [0.2, 0.25) is 11.4 Å². The summed E-state index contributed by atoms with van der Waals surface area (Å²) < 4.78 is 39.9. The second kappa shape index (κ2) is 9.69. The average Bonchev–Trinajstić information content (AvgIpc) is 2.77. The van der Waals surface area contributed by atoms with Crippen molar-refractivity contribution in [1.29, 1.82) is 0 Å². The van der Waals surface area contributed by atoms with Crippen LogP contribution in [0.3, 0.4) is 0 Å². The molecule has 3 N–H and O–H groups in total. The van der Waals surface area contributed by atoms with Gasteiger partial charge >= 0.3 is 0 Å². The first-order valence-corrected chi connectivity index (χ1v) is 12.0. The molecule has 0 spiro atoms. The lowest BCUT2D eigenvalue weighted by molar-refractivity contribution is -0.159. The molecule has 1 heterocycles. The number of ether oxygens (including phenoxy) is 3. The van der Waals surface area contributed by atoms with Crippen molar-refractivity contribution in [3.05, 3.63) is 48.5 Å². The van der Waals surface area contributed by atoms with Crippen molar-refractivity contribution in [3.63, 3.8) is 0 Å². The van der Waals surface area contributed by atoms with E-state index in [1.807, 2.05) is 0 Å². The van der Waals surface area contributed by atoms with Crippen LogP contribution in [-0.4, -0.2) is 57.1 Å². The molecule has 1 aliphatic heterocycles. The van der Waals surface area contributed by atoms with Crippen molar-refractivity contribution in [2.24, 2.45) is 5.73 Å². The van der Waals surface area contributed by atoms with E-state index in [9.17, 15) is 22.8 Å². The topological polar surface area (TPSA) is 151 Å². The van der Waals surface area contributed by atoms with Gasteiger partial charge in [0.25, 0.3) is 11.8 Å². The van der Waals surface area contributed by atoms with Crippen LogP contribution in [0.25, 0.3) is 0 Å². The lowest BCUT2D eigenvalue weighted by Crippen LogP contribution is -2.70. The summed E-state index contributed by atoms with van der Waals surface area (Å²) in [5.74, 6) is -1.63. The molecule has 0 aromatic heterocycles. The Bertz CT molecular complexity index is 1150. The third kappa shape index (κ3) is 5.38. The van der Waals surface area contributed by atoms with Crippen LogP contribution in [-0.2, 0) is 29.0 Å². The van der Waals surface area contributed by atoms with Gasteiger partial charge in [-0.15, -0.1) is 0 Å². The minimum absolute atomic E-state index is 0.0429. The van der Waals surface area contributed by atoms with Crippen molar-refractivity contribution < 1.29 is 37.0 Å². The summed E-state index contributed by atoms with van der Waals surface area (Å²) in [4.78, 5) is 37.4. The van der Waals surface area contributed by atoms with E-state index >= 15 is 0 Å². The van der Waals surface area contributed by atoms with Crippen LogP contribution in [0, 0.1) is 0 Å². The molecule has 2 amide bonds. The summed E-state index contributed by atoms with van der Waals surface area (Å²) in [6, 6.07) is 10.4. The number of carbonyl (C=O) groups excluding carboxylic acids is 3. The molecule has 176 valence electrons. The number of sulfone groups is 1. The third-order valence-corrected chi connectivity index (χ3v) is 6.10. The molecular weight excluding hydrogens is 452 g/mol. The minimum Gasteiger partial charge on any atom is -0.469 e. The predicted octanol–water partition coefficient (Wildman–Crippen LogP) is 0.979. The van der Waals surface area contributed by atoms with E-state index in [0.717, 1.165) is 6.26 Å². The van der Waals surface area contributed by atoms with E-state index in [-0.39, 0.29) is 23.7 Å². The summed E-state index contributed by atoms with van der Waals surface area (Å²) in [5.41, 5.74) is 3.67. The molecule has 11 heteroatoms. The SMILES string of the molecule is CCOCCC1(Oc2ccc(Oc3ccc(S(C)(=O)=O)cc3)cc2)C(=O)NC(=O)C(N)C1=O. The number of imide groups is 1. The maximum Gasteiger partial charge on any atom is 0.278 e. The van der Waals surface area contributed by atoms with Gasteiger partial charge in [0.05, 0.1) is 11.5 Å². The van der Waals surface area contributed by atoms with E-state index in [4.69, 9.17) is 19.9 Å². The van der Waals surface area contributed by atoms with Crippen LogP contribution in [0.1, 0.15) is 13.3 Å². The number of carbonyl (C=O) groups is 3. The lowest BCUT2D eigenvalue weighted by atomic mass is 9.85. The number of nitrogens with one attached hydrogen (secondary N) is 1. The number of hydrogen-bond donors (Lipinski definition) is 2. The van der Waals surface area contributed by atoms with Gasteiger partial charge in [-0.05, 0) is 55.5 Å². The highest BCUT2D eigenvalue weighted by atomic mass is 32.2. The first-order valence-electron chi connectivity index (χ1n) is 10.1. The zero-order chi connectivity index (χ0) is 24.2. The normalized spacial score (nSPS) is 20.9. The molecule has 0 bridgehead atoms. The number of Topliss-reactive ketones (excluding diaryl/α,β-unsaturated/α-hetero) is 1. The molecular formula is C22H24N2O8S. The van der Waals surface area contributed by atoms with Gasteiger partial charge in [-0.3, -0.25) is 19.7 Å². The van der Waals surface area contributed by atoms with Gasteiger partial charge in [0, 0.05) is 19.3 Å². The Morgan fingerprint density at radius 1 is 0.970 bits per heavy atom. The summed E-state index contributed by atoms with van der Waals surface area (Å²) in [5, 5.41) is 2.08. The molecule has 0 saturated carbocycles. The fraction of sp³-hybridized carbons (Fsp3) is 0.318. The van der Waals surface area contributed by atoms with Gasteiger partial charge in [-0.25, -0.2) is 8.42 Å². The van der Waals surface area contributed by atoms with Crippen LogP contribution in [0.5, 0.6) is 17.2 Å². The second-order valence-corrected chi connectivity index (χ2v) is 9.37. The monoisotopic (exact) mass is 476 g/mol. The van der Waals surface area contributed by atoms with Crippen LogP contribution < -0.4 is 20.5 Å². The van der Waals surface area contributed by atoms with Gasteiger partial charge in [0.1, 0.15) is 23.3 Å². The van der Waals surface area contributed by atoms with E-state index < -0.39 is 39.1 Å². The molecule has 1 saturated heterocycles. The Balaban J connectivity index is 1.78. The van der Waals surface area contributed by atoms with Gasteiger partial charge in [-0.2, -0.15) is 0 Å². The summed E-state index contributed by atoms with van der Waals surface area (Å²) >= 11 is 0. The standard InChI is InChI=1S/C22H24N2O8S/c1-3-30-13-12-22(19(25)18(23)20(26)24-21(22)27)32-16-6-4-14(5-7-16)31-15-8-10-17(11-9-15)33(2,28)29/h4-11,18H,3,12-13,23H2,1-2H3,(H,24,26,27). The molecule has 2 atom stereocenters. The highest BCUT2D eigenvalue weighted by Crippen LogP contribution is 2.30. The molecule has 2 aromatic rings. The zero-order valence-electron chi connectivity index (χ0n) is 18.1. The third-order valence-electron chi connectivity index (χ3n) is 4.97. The Morgan fingerprint density at radius 2 is 1.52 bits per heavy atom. The molecule has 2 unspecified atom stereocenters. The van der Waals surface area contributed by atoms with Crippen LogP contribution in [0.2, 0.25) is 0 Å². The Kier molecular flexibility index (Phi) is 7.15. The number of rotatable bonds is 9. The molecule has 1 fully saturated rings. The molecule has 1 aliphatic rings. The first kappa shape index (κ1) is 24.4. The fourth-order valence-corrected chi connectivity index (χ4v) is 3.82. The number of hydrogen-bond acceptors (Lipinski definition) is 9. The van der Waals surface area contributed by atoms with Crippen LogP contribution in [0.15, 0.2) is 53.4 Å². The predicted molar refractivity (Wildman–Crippen MR) is 117 cm³/mol. The zero-order valence-corrected chi connectivity index (χ0v) is 18.9. The Morgan fingerprint density at radius 3 is 2.06 bits per heavy atom. The second-order valence-electron chi connectivity index (χ2n) is 7.35. The Labute approximate surface area is 190 Å². The maximum absolute atomic E-state index is 12.8. The summed E-state index contributed by atoms with van der Waals surface area (Å²) in [7, 11) is -3.31. The maximum atomic E-state index is 12.8. The van der Waals surface area contributed by atoms with Crippen molar-refractivity contribution >= 4 is 27.4 Å².